The van der Waals surface area contributed by atoms with E-state index in [9.17, 15) is 0 Å². The fraction of sp³-hybridized carbons (Fsp3) is 0.444. The molecule has 0 heterocycles. The lowest BCUT2D eigenvalue weighted by molar-refractivity contribution is -0.0691. The van der Waals surface area contributed by atoms with Gasteiger partial charge in [0.05, 0.1) is 11.7 Å². The van der Waals surface area contributed by atoms with Gasteiger partial charge in [-0.15, -0.1) is 0 Å². The molecule has 0 N–H and O–H groups in total. The lowest BCUT2D eigenvalue weighted by Gasteiger charge is -2.29. The van der Waals surface area contributed by atoms with E-state index in [2.05, 4.69) is 71.0 Å². The molecule has 0 saturated carbocycles. The van der Waals surface area contributed by atoms with Crippen LogP contribution in [0.3, 0.4) is 0 Å². The maximum absolute atomic E-state index is 6.15. The maximum atomic E-state index is 6.15. The van der Waals surface area contributed by atoms with Gasteiger partial charge in [0.2, 0.25) is 0 Å². The Morgan fingerprint density at radius 3 is 2.58 bits per heavy atom. The summed E-state index contributed by atoms with van der Waals surface area (Å²) in [5.74, 6) is 0. The quantitative estimate of drug-likeness (QED) is 0.730. The third kappa shape index (κ3) is 2.98. The van der Waals surface area contributed by atoms with Crippen LogP contribution in [-0.2, 0) is 10.3 Å². The second-order valence-electron chi connectivity index (χ2n) is 5.86. The molecule has 0 aliphatic carbocycles. The van der Waals surface area contributed by atoms with Gasteiger partial charge in [-0.3, -0.25) is 0 Å². The molecule has 0 saturated heterocycles. The fourth-order valence-electron chi connectivity index (χ4n) is 2.47. The van der Waals surface area contributed by atoms with E-state index in [4.69, 9.17) is 4.74 Å². The number of hydrogen-bond acceptors (Lipinski definition) is 1. The van der Waals surface area contributed by atoms with Gasteiger partial charge in [-0.1, -0.05) is 37.3 Å². The predicted octanol–water partition coefficient (Wildman–Crippen LogP) is 5.20. The molecule has 102 valence electrons. The molecule has 2 aromatic carbocycles. The number of benzene rings is 2. The number of rotatable bonds is 4. The van der Waals surface area contributed by atoms with Crippen molar-refractivity contribution in [1.82, 2.24) is 0 Å². The minimum atomic E-state index is -0.243. The minimum Gasteiger partial charge on any atom is -0.368 e. The topological polar surface area (TPSA) is 9.23 Å². The Kier molecular flexibility index (Phi) is 3.96. The van der Waals surface area contributed by atoms with Crippen LogP contribution in [0.15, 0.2) is 36.4 Å². The van der Waals surface area contributed by atoms with Gasteiger partial charge in [-0.25, -0.2) is 0 Å². The third-order valence-electron chi connectivity index (χ3n) is 3.86. The van der Waals surface area contributed by atoms with Crippen molar-refractivity contribution in [3.05, 3.63) is 47.5 Å². The molecular formula is C18H24O. The first kappa shape index (κ1) is 14.1. The summed E-state index contributed by atoms with van der Waals surface area (Å²) in [6, 6.07) is 13.1. The van der Waals surface area contributed by atoms with Crippen LogP contribution >= 0.6 is 0 Å². The summed E-state index contributed by atoms with van der Waals surface area (Å²) >= 11 is 0. The molecule has 1 heteroatoms. The first-order chi connectivity index (χ1) is 8.94. The molecule has 1 nitrogen and oxygen atoms in total. The van der Waals surface area contributed by atoms with Crippen LogP contribution in [0.4, 0.5) is 0 Å². The Morgan fingerprint density at radius 1 is 1.16 bits per heavy atom. The SMILES string of the molecule is CCC(C)OC(C)(C)c1ccc2c(C)cccc2c1. The maximum Gasteiger partial charge on any atom is 0.0879 e. The highest BCUT2D eigenvalue weighted by Crippen LogP contribution is 2.30. The van der Waals surface area contributed by atoms with Crippen molar-refractivity contribution < 1.29 is 4.74 Å². The van der Waals surface area contributed by atoms with E-state index in [-0.39, 0.29) is 11.7 Å². The van der Waals surface area contributed by atoms with E-state index < -0.39 is 0 Å². The first-order valence-corrected chi connectivity index (χ1v) is 7.11. The van der Waals surface area contributed by atoms with Gasteiger partial charge < -0.3 is 4.74 Å². The average Bonchev–Trinajstić information content (AvgIpc) is 2.38. The van der Waals surface area contributed by atoms with Crippen LogP contribution in [0, 0.1) is 6.92 Å². The lowest BCUT2D eigenvalue weighted by atomic mass is 9.93. The average molecular weight is 256 g/mol. The summed E-state index contributed by atoms with van der Waals surface area (Å²) < 4.78 is 6.15. The van der Waals surface area contributed by atoms with E-state index in [1.165, 1.54) is 21.9 Å². The lowest BCUT2D eigenvalue weighted by Crippen LogP contribution is -2.26. The first-order valence-electron chi connectivity index (χ1n) is 7.11. The molecule has 0 radical (unpaired) electrons. The van der Waals surface area contributed by atoms with E-state index in [0.29, 0.717) is 0 Å². The Bertz CT molecular complexity index is 569. The molecule has 0 amide bonds. The largest absolute Gasteiger partial charge is 0.368 e. The van der Waals surface area contributed by atoms with Crippen molar-refractivity contribution >= 4 is 10.8 Å². The molecule has 1 atom stereocenters. The van der Waals surface area contributed by atoms with Crippen molar-refractivity contribution in [2.75, 3.05) is 0 Å². The summed E-state index contributed by atoms with van der Waals surface area (Å²) in [6.45, 7) is 10.7. The molecule has 0 aliphatic heterocycles. The van der Waals surface area contributed by atoms with E-state index in [1.54, 1.807) is 0 Å². The third-order valence-corrected chi connectivity index (χ3v) is 3.86. The molecule has 0 spiro atoms. The van der Waals surface area contributed by atoms with Crippen LogP contribution < -0.4 is 0 Å². The molecule has 2 aromatic rings. The van der Waals surface area contributed by atoms with Gasteiger partial charge in [0.1, 0.15) is 0 Å². The second kappa shape index (κ2) is 5.34. The molecule has 2 rings (SSSR count). The van der Waals surface area contributed by atoms with Crippen molar-refractivity contribution in [2.24, 2.45) is 0 Å². The standard InChI is InChI=1S/C18H24O/c1-6-14(3)19-18(4,5)16-10-11-17-13(2)8-7-9-15(17)12-16/h7-12,14H,6H2,1-5H3. The van der Waals surface area contributed by atoms with Crippen LogP contribution in [0.2, 0.25) is 0 Å². The van der Waals surface area contributed by atoms with Crippen LogP contribution in [0.5, 0.6) is 0 Å². The zero-order valence-electron chi connectivity index (χ0n) is 12.7. The smallest absolute Gasteiger partial charge is 0.0879 e. The Labute approximate surface area is 116 Å². The molecule has 0 aliphatic rings. The summed E-state index contributed by atoms with van der Waals surface area (Å²) in [6.07, 6.45) is 1.32. The molecule has 0 bridgehead atoms. The second-order valence-corrected chi connectivity index (χ2v) is 5.86. The fourth-order valence-corrected chi connectivity index (χ4v) is 2.47. The Morgan fingerprint density at radius 2 is 1.89 bits per heavy atom. The van der Waals surface area contributed by atoms with Crippen molar-refractivity contribution in [3.8, 4) is 0 Å². The minimum absolute atomic E-state index is 0.243. The number of hydrogen-bond donors (Lipinski definition) is 0. The summed E-state index contributed by atoms with van der Waals surface area (Å²) in [5, 5.41) is 2.61. The van der Waals surface area contributed by atoms with Gasteiger partial charge in [0.25, 0.3) is 0 Å². The zero-order chi connectivity index (χ0) is 14.0. The summed E-state index contributed by atoms with van der Waals surface area (Å²) in [7, 11) is 0. The van der Waals surface area contributed by atoms with Gasteiger partial charge in [-0.2, -0.15) is 0 Å². The highest BCUT2D eigenvalue weighted by atomic mass is 16.5. The normalized spacial score (nSPS) is 13.7. The molecule has 0 fully saturated rings. The Hall–Kier alpha value is -1.34. The van der Waals surface area contributed by atoms with E-state index >= 15 is 0 Å². The van der Waals surface area contributed by atoms with Crippen LogP contribution in [-0.4, -0.2) is 6.10 Å². The van der Waals surface area contributed by atoms with Crippen LogP contribution in [0.1, 0.15) is 45.2 Å². The van der Waals surface area contributed by atoms with Crippen molar-refractivity contribution in [3.63, 3.8) is 0 Å². The molecule has 0 aromatic heterocycles. The molecular weight excluding hydrogens is 232 g/mol. The number of ether oxygens (including phenoxy) is 1. The van der Waals surface area contributed by atoms with Gasteiger partial charge in [0.15, 0.2) is 0 Å². The molecule has 19 heavy (non-hydrogen) atoms. The highest BCUT2D eigenvalue weighted by Gasteiger charge is 2.23. The van der Waals surface area contributed by atoms with E-state index in [1.807, 2.05) is 0 Å². The van der Waals surface area contributed by atoms with Crippen LogP contribution in [0.25, 0.3) is 10.8 Å². The number of fused-ring (bicyclic) bond motifs is 1. The van der Waals surface area contributed by atoms with Crippen molar-refractivity contribution in [2.45, 2.75) is 52.7 Å². The predicted molar refractivity (Wildman–Crippen MR) is 82.5 cm³/mol. The van der Waals surface area contributed by atoms with E-state index in [0.717, 1.165) is 6.42 Å². The number of aryl methyl sites for hydroxylation is 1. The van der Waals surface area contributed by atoms with Crippen molar-refractivity contribution in [1.29, 1.82) is 0 Å². The highest BCUT2D eigenvalue weighted by molar-refractivity contribution is 5.86. The Balaban J connectivity index is 2.40. The zero-order valence-corrected chi connectivity index (χ0v) is 12.7. The summed E-state index contributed by atoms with van der Waals surface area (Å²) in [4.78, 5) is 0. The van der Waals surface area contributed by atoms with Gasteiger partial charge in [-0.05, 0) is 62.1 Å². The summed E-state index contributed by atoms with van der Waals surface area (Å²) in [5.41, 5.74) is 2.32. The molecule has 1 unspecified atom stereocenters. The van der Waals surface area contributed by atoms with Gasteiger partial charge in [0, 0.05) is 0 Å². The monoisotopic (exact) mass is 256 g/mol. The van der Waals surface area contributed by atoms with Gasteiger partial charge >= 0.3 is 0 Å².